The maximum Gasteiger partial charge on any atom is 0.200 e. The first kappa shape index (κ1) is 14.9. The fourth-order valence-electron chi connectivity index (χ4n) is 2.15. The number of aromatic hydroxyl groups is 3. The lowest BCUT2D eigenvalue weighted by atomic mass is 9.97. The lowest BCUT2D eigenvalue weighted by Gasteiger charge is -2.21. The van der Waals surface area contributed by atoms with Gasteiger partial charge in [-0.05, 0) is 24.6 Å². The van der Waals surface area contributed by atoms with Crippen molar-refractivity contribution in [2.24, 2.45) is 0 Å². The van der Waals surface area contributed by atoms with Crippen LogP contribution in [-0.2, 0) is 0 Å². The van der Waals surface area contributed by atoms with Crippen LogP contribution in [0, 0.1) is 0 Å². The van der Waals surface area contributed by atoms with Crippen molar-refractivity contribution >= 4 is 0 Å². The monoisotopic (exact) mass is 285 g/mol. The Labute approximate surface area is 124 Å². The molecule has 110 valence electrons. The van der Waals surface area contributed by atoms with Crippen LogP contribution in [0.25, 0.3) is 0 Å². The number of phenolic OH excluding ortho intramolecular Hbond substituents is 3. The van der Waals surface area contributed by atoms with Gasteiger partial charge in [0.1, 0.15) is 0 Å². The Morgan fingerprint density at radius 2 is 1.71 bits per heavy atom. The molecular formula is C17H19NO3. The first-order valence-corrected chi connectivity index (χ1v) is 6.67. The van der Waals surface area contributed by atoms with E-state index in [2.05, 4.69) is 11.9 Å². The van der Waals surface area contributed by atoms with E-state index >= 15 is 0 Å². The maximum absolute atomic E-state index is 10.1. The number of benzene rings is 2. The maximum atomic E-state index is 10.1. The third-order valence-electron chi connectivity index (χ3n) is 3.21. The summed E-state index contributed by atoms with van der Waals surface area (Å²) in [5.74, 6) is -1.17. The second-order valence-electron chi connectivity index (χ2n) is 5.05. The van der Waals surface area contributed by atoms with Gasteiger partial charge in [0.15, 0.2) is 11.5 Å². The molecule has 0 bridgehead atoms. The molecule has 0 aromatic heterocycles. The van der Waals surface area contributed by atoms with E-state index in [1.54, 1.807) is 6.07 Å². The van der Waals surface area contributed by atoms with Crippen molar-refractivity contribution in [1.82, 2.24) is 5.32 Å². The number of phenols is 3. The molecule has 0 aliphatic rings. The van der Waals surface area contributed by atoms with Crippen molar-refractivity contribution in [3.8, 4) is 17.2 Å². The predicted octanol–water partition coefficient (Wildman–Crippen LogP) is 3.06. The summed E-state index contributed by atoms with van der Waals surface area (Å²) in [6.07, 6.45) is 0. The molecule has 2 aromatic carbocycles. The summed E-state index contributed by atoms with van der Waals surface area (Å²) < 4.78 is 0. The topological polar surface area (TPSA) is 72.7 Å². The van der Waals surface area contributed by atoms with Crippen LogP contribution in [0.3, 0.4) is 0 Å². The third kappa shape index (κ3) is 3.35. The molecule has 2 rings (SSSR count). The summed E-state index contributed by atoms with van der Waals surface area (Å²) >= 11 is 0. The smallest absolute Gasteiger partial charge is 0.200 e. The van der Waals surface area contributed by atoms with Crippen molar-refractivity contribution in [2.45, 2.75) is 13.0 Å². The lowest BCUT2D eigenvalue weighted by Crippen LogP contribution is -2.24. The van der Waals surface area contributed by atoms with E-state index in [9.17, 15) is 15.3 Å². The van der Waals surface area contributed by atoms with Crippen LogP contribution in [0.5, 0.6) is 17.2 Å². The van der Waals surface area contributed by atoms with Gasteiger partial charge in [0.2, 0.25) is 5.75 Å². The van der Waals surface area contributed by atoms with Crippen molar-refractivity contribution in [1.29, 1.82) is 0 Å². The number of rotatable bonds is 5. The Hall–Kier alpha value is -2.46. The highest BCUT2D eigenvalue weighted by molar-refractivity contribution is 5.55. The Bertz CT molecular complexity index is 638. The van der Waals surface area contributed by atoms with E-state index < -0.39 is 5.75 Å². The first-order chi connectivity index (χ1) is 10.0. The quantitative estimate of drug-likeness (QED) is 0.503. The molecular weight excluding hydrogens is 266 g/mol. The zero-order valence-corrected chi connectivity index (χ0v) is 11.9. The van der Waals surface area contributed by atoms with Gasteiger partial charge in [-0.25, -0.2) is 0 Å². The van der Waals surface area contributed by atoms with Crippen molar-refractivity contribution < 1.29 is 15.3 Å². The average Bonchev–Trinajstić information content (AvgIpc) is 2.48. The molecule has 1 unspecified atom stereocenters. The molecule has 2 aromatic rings. The zero-order valence-electron chi connectivity index (χ0n) is 11.9. The van der Waals surface area contributed by atoms with Gasteiger partial charge >= 0.3 is 0 Å². The highest BCUT2D eigenvalue weighted by Gasteiger charge is 2.20. The van der Waals surface area contributed by atoms with Gasteiger partial charge in [0.25, 0.3) is 0 Å². The van der Waals surface area contributed by atoms with Gasteiger partial charge in [0, 0.05) is 12.1 Å². The lowest BCUT2D eigenvalue weighted by molar-refractivity contribution is 0.362. The van der Waals surface area contributed by atoms with Crippen LogP contribution in [0.1, 0.15) is 24.1 Å². The fourth-order valence-corrected chi connectivity index (χ4v) is 2.15. The summed E-state index contributed by atoms with van der Waals surface area (Å²) in [4.78, 5) is 0. The van der Waals surface area contributed by atoms with Gasteiger partial charge in [-0.2, -0.15) is 0 Å². The van der Waals surface area contributed by atoms with Crippen molar-refractivity contribution in [3.05, 3.63) is 65.7 Å². The Kier molecular flexibility index (Phi) is 4.50. The molecule has 0 spiro atoms. The summed E-state index contributed by atoms with van der Waals surface area (Å²) in [6, 6.07) is 12.2. The normalized spacial score (nSPS) is 12.0. The van der Waals surface area contributed by atoms with Crippen LogP contribution < -0.4 is 5.32 Å². The van der Waals surface area contributed by atoms with Crippen LogP contribution in [0.15, 0.2) is 54.6 Å². The number of hydrogen-bond acceptors (Lipinski definition) is 4. The second-order valence-corrected chi connectivity index (χ2v) is 5.05. The standard InChI is InChI=1S/C17H19NO3/c1-11(2)10-18-15(12-6-4-3-5-7-12)13-8-9-14(19)17(21)16(13)20/h3-9,15,18-21H,1,10H2,2H3. The molecule has 0 aliphatic carbocycles. The summed E-state index contributed by atoms with van der Waals surface area (Å²) in [6.45, 7) is 6.33. The van der Waals surface area contributed by atoms with Crippen LogP contribution in [-0.4, -0.2) is 21.9 Å². The first-order valence-electron chi connectivity index (χ1n) is 6.67. The van der Waals surface area contributed by atoms with Gasteiger partial charge in [-0.3, -0.25) is 0 Å². The van der Waals surface area contributed by atoms with E-state index in [1.807, 2.05) is 37.3 Å². The Morgan fingerprint density at radius 3 is 2.33 bits per heavy atom. The SMILES string of the molecule is C=C(C)CNC(c1ccccc1)c1ccc(O)c(O)c1O. The molecule has 4 N–H and O–H groups in total. The summed E-state index contributed by atoms with van der Waals surface area (Å²) in [5.41, 5.74) is 2.40. The second kappa shape index (κ2) is 6.33. The Balaban J connectivity index is 2.45. The third-order valence-corrected chi connectivity index (χ3v) is 3.21. The molecule has 0 saturated carbocycles. The van der Waals surface area contributed by atoms with Crippen LogP contribution >= 0.6 is 0 Å². The van der Waals surface area contributed by atoms with E-state index in [1.165, 1.54) is 6.07 Å². The van der Waals surface area contributed by atoms with Gasteiger partial charge < -0.3 is 20.6 Å². The van der Waals surface area contributed by atoms with E-state index in [0.29, 0.717) is 12.1 Å². The molecule has 21 heavy (non-hydrogen) atoms. The molecule has 0 aliphatic heterocycles. The van der Waals surface area contributed by atoms with Crippen molar-refractivity contribution in [3.63, 3.8) is 0 Å². The minimum atomic E-state index is -0.509. The minimum Gasteiger partial charge on any atom is -0.504 e. The molecule has 0 saturated heterocycles. The van der Waals surface area contributed by atoms with Crippen LogP contribution in [0.2, 0.25) is 0 Å². The predicted molar refractivity (Wildman–Crippen MR) is 82.5 cm³/mol. The molecule has 4 heteroatoms. The summed E-state index contributed by atoms with van der Waals surface area (Å²) in [7, 11) is 0. The zero-order chi connectivity index (χ0) is 15.4. The minimum absolute atomic E-state index is 0.311. The molecule has 0 amide bonds. The fraction of sp³-hybridized carbons (Fsp3) is 0.176. The van der Waals surface area contributed by atoms with Crippen LogP contribution in [0.4, 0.5) is 0 Å². The van der Waals surface area contributed by atoms with E-state index in [-0.39, 0.29) is 17.5 Å². The largest absolute Gasteiger partial charge is 0.504 e. The number of nitrogens with one attached hydrogen (secondary N) is 1. The number of hydrogen-bond donors (Lipinski definition) is 4. The van der Waals surface area contributed by atoms with Gasteiger partial charge in [-0.1, -0.05) is 42.5 Å². The van der Waals surface area contributed by atoms with Gasteiger partial charge in [0.05, 0.1) is 6.04 Å². The highest BCUT2D eigenvalue weighted by atomic mass is 16.3. The average molecular weight is 285 g/mol. The Morgan fingerprint density at radius 1 is 1.05 bits per heavy atom. The summed E-state index contributed by atoms with van der Waals surface area (Å²) in [5, 5.41) is 32.6. The highest BCUT2D eigenvalue weighted by Crippen LogP contribution is 2.41. The molecule has 0 heterocycles. The van der Waals surface area contributed by atoms with E-state index in [0.717, 1.165) is 11.1 Å². The molecule has 0 fully saturated rings. The molecule has 4 nitrogen and oxygen atoms in total. The van der Waals surface area contributed by atoms with Gasteiger partial charge in [-0.15, -0.1) is 0 Å². The molecule has 0 radical (unpaired) electrons. The van der Waals surface area contributed by atoms with Crippen molar-refractivity contribution in [2.75, 3.05) is 6.54 Å². The molecule has 1 atom stereocenters. The van der Waals surface area contributed by atoms with E-state index in [4.69, 9.17) is 0 Å².